The Kier molecular flexibility index (Phi) is 3.51. The van der Waals surface area contributed by atoms with Crippen molar-refractivity contribution in [1.82, 2.24) is 0 Å². The summed E-state index contributed by atoms with van der Waals surface area (Å²) in [6.45, 7) is 8.17. The van der Waals surface area contributed by atoms with Gasteiger partial charge in [-0.2, -0.15) is 0 Å². The van der Waals surface area contributed by atoms with Crippen molar-refractivity contribution in [2.75, 3.05) is 0 Å². The lowest BCUT2D eigenvalue weighted by molar-refractivity contribution is -0.139. The molecule has 2 nitrogen and oxygen atoms in total. The molecular formula is C15H20O2. The summed E-state index contributed by atoms with van der Waals surface area (Å²) < 4.78 is 5.41. The third-order valence-electron chi connectivity index (χ3n) is 3.69. The molecule has 1 heterocycles. The van der Waals surface area contributed by atoms with Gasteiger partial charge in [-0.05, 0) is 25.7 Å². The van der Waals surface area contributed by atoms with Crippen LogP contribution in [0.3, 0.4) is 0 Å². The summed E-state index contributed by atoms with van der Waals surface area (Å²) >= 11 is 0. The maximum atomic E-state index is 11.6. The van der Waals surface area contributed by atoms with E-state index in [1.807, 2.05) is 0 Å². The van der Waals surface area contributed by atoms with Crippen LogP contribution >= 0.6 is 0 Å². The van der Waals surface area contributed by atoms with Gasteiger partial charge >= 0.3 is 5.97 Å². The zero-order chi connectivity index (χ0) is 12.4. The topological polar surface area (TPSA) is 26.3 Å². The average molecular weight is 232 g/mol. The third kappa shape index (κ3) is 2.68. The highest BCUT2D eigenvalue weighted by Gasteiger charge is 2.38. The van der Waals surface area contributed by atoms with Crippen LogP contribution in [0.4, 0.5) is 0 Å². The molecule has 92 valence electrons. The Morgan fingerprint density at radius 3 is 2.94 bits per heavy atom. The van der Waals surface area contributed by atoms with E-state index >= 15 is 0 Å². The van der Waals surface area contributed by atoms with Gasteiger partial charge < -0.3 is 4.74 Å². The Morgan fingerprint density at radius 1 is 1.41 bits per heavy atom. The quantitative estimate of drug-likeness (QED) is 0.472. The summed E-state index contributed by atoms with van der Waals surface area (Å²) in [4.78, 5) is 11.6. The molecule has 0 aromatic rings. The van der Waals surface area contributed by atoms with Crippen molar-refractivity contribution in [3.05, 3.63) is 36.0 Å². The number of carbonyl (C=O) groups is 1. The second kappa shape index (κ2) is 4.91. The van der Waals surface area contributed by atoms with Crippen LogP contribution in [0, 0.1) is 11.8 Å². The number of rotatable bonds is 0. The van der Waals surface area contributed by atoms with Crippen LogP contribution in [0.15, 0.2) is 36.0 Å². The van der Waals surface area contributed by atoms with Crippen molar-refractivity contribution in [2.45, 2.75) is 39.2 Å². The molecule has 3 atom stereocenters. The highest BCUT2D eigenvalue weighted by Crippen LogP contribution is 2.35. The van der Waals surface area contributed by atoms with E-state index in [0.717, 1.165) is 19.3 Å². The zero-order valence-electron chi connectivity index (χ0n) is 10.6. The van der Waals surface area contributed by atoms with Gasteiger partial charge in [0.05, 0.1) is 0 Å². The fraction of sp³-hybridized carbons (Fsp3) is 0.533. The molecule has 0 aromatic heterocycles. The molecular weight excluding hydrogens is 212 g/mol. The second-order valence-corrected chi connectivity index (χ2v) is 5.23. The van der Waals surface area contributed by atoms with Crippen molar-refractivity contribution in [3.63, 3.8) is 0 Å². The summed E-state index contributed by atoms with van der Waals surface area (Å²) in [5.74, 6) is 0.550. The fourth-order valence-electron chi connectivity index (χ4n) is 2.55. The number of allylic oxidation sites excluding steroid dienone is 3. The molecule has 2 aliphatic rings. The van der Waals surface area contributed by atoms with Gasteiger partial charge in [0.2, 0.25) is 0 Å². The molecule has 0 aromatic carbocycles. The maximum Gasteiger partial charge on any atom is 0.334 e. The van der Waals surface area contributed by atoms with Gasteiger partial charge in [-0.25, -0.2) is 4.79 Å². The number of hydrogen-bond acceptors (Lipinski definition) is 2. The molecule has 0 saturated carbocycles. The van der Waals surface area contributed by atoms with Gasteiger partial charge in [0, 0.05) is 17.9 Å². The largest absolute Gasteiger partial charge is 0.458 e. The van der Waals surface area contributed by atoms with Gasteiger partial charge in [0.25, 0.3) is 0 Å². The molecule has 2 heteroatoms. The molecule has 1 fully saturated rings. The van der Waals surface area contributed by atoms with Crippen LogP contribution in [0.5, 0.6) is 0 Å². The summed E-state index contributed by atoms with van der Waals surface area (Å²) in [6.07, 6.45) is 9.37. The lowest BCUT2D eigenvalue weighted by Crippen LogP contribution is -2.18. The first-order valence-corrected chi connectivity index (χ1v) is 6.31. The smallest absolute Gasteiger partial charge is 0.334 e. The van der Waals surface area contributed by atoms with Crippen molar-refractivity contribution >= 4 is 5.97 Å². The number of fused-ring (bicyclic) bond motifs is 1. The summed E-state index contributed by atoms with van der Waals surface area (Å²) in [7, 11) is 0. The third-order valence-corrected chi connectivity index (χ3v) is 3.69. The first kappa shape index (κ1) is 12.2. The number of ether oxygens (including phenoxy) is 1. The van der Waals surface area contributed by atoms with Gasteiger partial charge in [-0.3, -0.25) is 0 Å². The highest BCUT2D eigenvalue weighted by molar-refractivity contribution is 5.90. The number of carbonyl (C=O) groups excluding carboxylic acids is 1. The average Bonchev–Trinajstić information content (AvgIpc) is 2.52. The van der Waals surface area contributed by atoms with Crippen LogP contribution in [0.1, 0.15) is 33.1 Å². The van der Waals surface area contributed by atoms with E-state index in [1.54, 1.807) is 0 Å². The first-order chi connectivity index (χ1) is 8.08. The SMILES string of the molecule is C=C1C(=O)O[C@@H]2C/C(C)=C\C=C/C(C)CC[C@@H]12. The number of esters is 1. The van der Waals surface area contributed by atoms with E-state index in [4.69, 9.17) is 4.74 Å². The molecule has 1 aliphatic carbocycles. The highest BCUT2D eigenvalue weighted by atomic mass is 16.6. The van der Waals surface area contributed by atoms with Gasteiger partial charge in [0.15, 0.2) is 0 Å². The van der Waals surface area contributed by atoms with Crippen LogP contribution in [0.2, 0.25) is 0 Å². The molecule has 0 N–H and O–H groups in total. The van der Waals surface area contributed by atoms with Crippen molar-refractivity contribution in [2.24, 2.45) is 11.8 Å². The van der Waals surface area contributed by atoms with Gasteiger partial charge in [0.1, 0.15) is 6.10 Å². The Morgan fingerprint density at radius 2 is 2.18 bits per heavy atom. The van der Waals surface area contributed by atoms with Gasteiger partial charge in [-0.15, -0.1) is 0 Å². The zero-order valence-corrected chi connectivity index (χ0v) is 10.6. The molecule has 1 aliphatic heterocycles. The van der Waals surface area contributed by atoms with E-state index in [2.05, 4.69) is 38.7 Å². The molecule has 1 saturated heterocycles. The van der Waals surface area contributed by atoms with Gasteiger partial charge in [-0.1, -0.05) is 37.3 Å². The Balaban J connectivity index is 2.21. The maximum absolute atomic E-state index is 11.6. The minimum atomic E-state index is -0.201. The molecule has 0 amide bonds. The van der Waals surface area contributed by atoms with E-state index < -0.39 is 0 Å². The molecule has 17 heavy (non-hydrogen) atoms. The van der Waals surface area contributed by atoms with Crippen molar-refractivity contribution in [1.29, 1.82) is 0 Å². The van der Waals surface area contributed by atoms with E-state index in [-0.39, 0.29) is 18.0 Å². The van der Waals surface area contributed by atoms with E-state index in [9.17, 15) is 4.79 Å². The van der Waals surface area contributed by atoms with Crippen molar-refractivity contribution < 1.29 is 9.53 Å². The van der Waals surface area contributed by atoms with Crippen LogP contribution in [-0.4, -0.2) is 12.1 Å². The predicted octanol–water partition coefficient (Wildman–Crippen LogP) is 3.41. The van der Waals surface area contributed by atoms with E-state index in [0.29, 0.717) is 11.5 Å². The Hall–Kier alpha value is -1.31. The Bertz CT molecular complexity index is 390. The standard InChI is InChI=1S/C15H20O2/c1-10-5-4-6-11(2)9-14-13(8-7-10)12(3)15(16)17-14/h4-6,10,13-14H,3,7-9H2,1-2H3/b5-4-,11-6-/t10?,13-,14+/m0/s1. The fourth-order valence-corrected chi connectivity index (χ4v) is 2.55. The first-order valence-electron chi connectivity index (χ1n) is 6.31. The normalized spacial score (nSPS) is 38.9. The monoisotopic (exact) mass is 232 g/mol. The molecule has 1 unspecified atom stereocenters. The molecule has 0 spiro atoms. The lowest BCUT2D eigenvalue weighted by atomic mass is 9.86. The summed E-state index contributed by atoms with van der Waals surface area (Å²) in [6, 6.07) is 0. The molecule has 0 bridgehead atoms. The van der Waals surface area contributed by atoms with Crippen LogP contribution in [0.25, 0.3) is 0 Å². The van der Waals surface area contributed by atoms with Crippen LogP contribution in [-0.2, 0) is 9.53 Å². The predicted molar refractivity (Wildman–Crippen MR) is 68.4 cm³/mol. The second-order valence-electron chi connectivity index (χ2n) is 5.23. The minimum Gasteiger partial charge on any atom is -0.458 e. The van der Waals surface area contributed by atoms with Crippen LogP contribution < -0.4 is 0 Å². The minimum absolute atomic E-state index is 0.00458. The molecule has 2 rings (SSSR count). The summed E-state index contributed by atoms with van der Waals surface area (Å²) in [5, 5.41) is 0. The summed E-state index contributed by atoms with van der Waals surface area (Å²) in [5.41, 5.74) is 1.92. The Labute approximate surface area is 103 Å². The number of hydrogen-bond donors (Lipinski definition) is 0. The van der Waals surface area contributed by atoms with E-state index in [1.165, 1.54) is 5.57 Å². The lowest BCUT2D eigenvalue weighted by Gasteiger charge is -2.20. The molecule has 0 radical (unpaired) electrons. The van der Waals surface area contributed by atoms with Crippen molar-refractivity contribution in [3.8, 4) is 0 Å².